The van der Waals surface area contributed by atoms with E-state index < -0.39 is 23.2 Å². The summed E-state index contributed by atoms with van der Waals surface area (Å²) < 4.78 is 45.1. The van der Waals surface area contributed by atoms with Crippen LogP contribution in [0.15, 0.2) is 6.07 Å². The third-order valence-electron chi connectivity index (χ3n) is 3.36. The number of piperidine rings is 1. The molecule has 5 heteroatoms. The molecular formula is C13H16F3NO. The van der Waals surface area contributed by atoms with Gasteiger partial charge in [0, 0.05) is 0 Å². The van der Waals surface area contributed by atoms with Crippen LogP contribution in [0.25, 0.3) is 0 Å². The predicted octanol–water partition coefficient (Wildman–Crippen LogP) is 2.65. The summed E-state index contributed by atoms with van der Waals surface area (Å²) in [5.74, 6) is -3.43. The standard InChI is InChI=1S/C13H16F3NO/c1-18-13-11(15)9(7-10(14)12(13)16)6-8-2-4-17-5-3-8/h7-8,17H,2-6H2,1H3. The summed E-state index contributed by atoms with van der Waals surface area (Å²) in [5, 5.41) is 3.21. The van der Waals surface area contributed by atoms with E-state index in [1.165, 1.54) is 0 Å². The molecule has 0 amide bonds. The molecule has 1 heterocycles. The Morgan fingerprint density at radius 1 is 1.22 bits per heavy atom. The molecule has 0 radical (unpaired) electrons. The molecule has 0 aliphatic carbocycles. The molecule has 100 valence electrons. The van der Waals surface area contributed by atoms with Gasteiger partial charge in [-0.25, -0.2) is 8.78 Å². The summed E-state index contributed by atoms with van der Waals surface area (Å²) in [7, 11) is 1.13. The molecule has 18 heavy (non-hydrogen) atoms. The molecule has 2 nitrogen and oxygen atoms in total. The number of ether oxygens (including phenoxy) is 1. The Morgan fingerprint density at radius 2 is 1.89 bits per heavy atom. The van der Waals surface area contributed by atoms with E-state index in [4.69, 9.17) is 0 Å². The lowest BCUT2D eigenvalue weighted by atomic mass is 9.90. The van der Waals surface area contributed by atoms with E-state index in [0.717, 1.165) is 39.1 Å². The van der Waals surface area contributed by atoms with Gasteiger partial charge in [0.1, 0.15) is 0 Å². The Kier molecular flexibility index (Phi) is 4.11. The summed E-state index contributed by atoms with van der Waals surface area (Å²) in [6, 6.07) is 0.940. The quantitative estimate of drug-likeness (QED) is 0.843. The topological polar surface area (TPSA) is 21.3 Å². The molecule has 1 aliphatic heterocycles. The number of halogens is 3. The fraction of sp³-hybridized carbons (Fsp3) is 0.538. The van der Waals surface area contributed by atoms with Crippen LogP contribution in [0.3, 0.4) is 0 Å². The number of methoxy groups -OCH3 is 1. The van der Waals surface area contributed by atoms with Crippen molar-refractivity contribution in [2.75, 3.05) is 20.2 Å². The number of nitrogens with one attached hydrogen (secondary N) is 1. The van der Waals surface area contributed by atoms with Crippen LogP contribution in [0.5, 0.6) is 5.75 Å². The van der Waals surface area contributed by atoms with E-state index >= 15 is 0 Å². The van der Waals surface area contributed by atoms with Gasteiger partial charge in [0.25, 0.3) is 0 Å². The van der Waals surface area contributed by atoms with Crippen LogP contribution in [0.2, 0.25) is 0 Å². The molecule has 0 atom stereocenters. The summed E-state index contributed by atoms with van der Waals surface area (Å²) >= 11 is 0. The van der Waals surface area contributed by atoms with Gasteiger partial charge in [-0.2, -0.15) is 4.39 Å². The second kappa shape index (κ2) is 5.61. The number of hydrogen-bond acceptors (Lipinski definition) is 2. The van der Waals surface area contributed by atoms with Gasteiger partial charge in [-0.1, -0.05) is 0 Å². The summed E-state index contributed by atoms with van der Waals surface area (Å²) in [6.45, 7) is 1.76. The normalized spacial score (nSPS) is 16.9. The first-order valence-corrected chi connectivity index (χ1v) is 6.04. The fourth-order valence-corrected chi connectivity index (χ4v) is 2.35. The van der Waals surface area contributed by atoms with Gasteiger partial charge in [0.05, 0.1) is 7.11 Å². The van der Waals surface area contributed by atoms with E-state index in [0.29, 0.717) is 12.3 Å². The zero-order valence-electron chi connectivity index (χ0n) is 10.2. The lowest BCUT2D eigenvalue weighted by molar-refractivity contribution is 0.335. The molecule has 1 aromatic carbocycles. The highest BCUT2D eigenvalue weighted by Gasteiger charge is 2.22. The lowest BCUT2D eigenvalue weighted by Crippen LogP contribution is -2.28. The summed E-state index contributed by atoms with van der Waals surface area (Å²) in [5.41, 5.74) is 0.192. The Hall–Kier alpha value is -1.23. The van der Waals surface area contributed by atoms with Crippen molar-refractivity contribution in [3.63, 3.8) is 0 Å². The summed E-state index contributed by atoms with van der Waals surface area (Å²) in [6.07, 6.45) is 2.25. The van der Waals surface area contributed by atoms with Crippen LogP contribution in [-0.2, 0) is 6.42 Å². The van der Waals surface area contributed by atoms with Gasteiger partial charge in [0.2, 0.25) is 5.82 Å². The largest absolute Gasteiger partial charge is 0.491 e. The second-order valence-corrected chi connectivity index (χ2v) is 4.58. The van der Waals surface area contributed by atoms with Crippen LogP contribution in [-0.4, -0.2) is 20.2 Å². The number of hydrogen-bond donors (Lipinski definition) is 1. The van der Waals surface area contributed by atoms with Crippen molar-refractivity contribution in [1.29, 1.82) is 0 Å². The number of rotatable bonds is 3. The molecule has 2 rings (SSSR count). The highest BCUT2D eigenvalue weighted by molar-refractivity contribution is 5.34. The van der Waals surface area contributed by atoms with Crippen molar-refractivity contribution in [2.45, 2.75) is 19.3 Å². The average Bonchev–Trinajstić information content (AvgIpc) is 2.38. The maximum Gasteiger partial charge on any atom is 0.203 e. The SMILES string of the molecule is COc1c(F)c(F)cc(CC2CCNCC2)c1F. The van der Waals surface area contributed by atoms with Gasteiger partial charge < -0.3 is 10.1 Å². The monoisotopic (exact) mass is 259 g/mol. The Labute approximate surface area is 104 Å². The first-order valence-electron chi connectivity index (χ1n) is 6.04. The van der Waals surface area contributed by atoms with E-state index in [9.17, 15) is 13.2 Å². The van der Waals surface area contributed by atoms with Crippen molar-refractivity contribution < 1.29 is 17.9 Å². The van der Waals surface area contributed by atoms with E-state index in [2.05, 4.69) is 10.1 Å². The van der Waals surface area contributed by atoms with Crippen LogP contribution < -0.4 is 10.1 Å². The third kappa shape index (κ3) is 2.61. The molecular weight excluding hydrogens is 243 g/mol. The van der Waals surface area contributed by atoms with Gasteiger partial charge in [0.15, 0.2) is 17.4 Å². The fourth-order valence-electron chi connectivity index (χ4n) is 2.35. The third-order valence-corrected chi connectivity index (χ3v) is 3.36. The number of benzene rings is 1. The van der Waals surface area contributed by atoms with Crippen molar-refractivity contribution in [3.8, 4) is 5.75 Å². The molecule has 0 aromatic heterocycles. The molecule has 0 bridgehead atoms. The maximum absolute atomic E-state index is 13.9. The van der Waals surface area contributed by atoms with Crippen molar-refractivity contribution in [1.82, 2.24) is 5.32 Å². The average molecular weight is 259 g/mol. The Bertz CT molecular complexity index is 431. The summed E-state index contributed by atoms with van der Waals surface area (Å²) in [4.78, 5) is 0. The molecule has 1 aromatic rings. The van der Waals surface area contributed by atoms with E-state index in [-0.39, 0.29) is 5.56 Å². The van der Waals surface area contributed by atoms with Gasteiger partial charge >= 0.3 is 0 Å². The molecule has 1 aliphatic rings. The van der Waals surface area contributed by atoms with Gasteiger partial charge in [-0.15, -0.1) is 0 Å². The van der Waals surface area contributed by atoms with Crippen LogP contribution in [0, 0.1) is 23.4 Å². The molecule has 0 saturated carbocycles. The molecule has 1 N–H and O–H groups in total. The minimum atomic E-state index is -1.26. The molecule has 0 unspecified atom stereocenters. The zero-order valence-corrected chi connectivity index (χ0v) is 10.2. The maximum atomic E-state index is 13.9. The second-order valence-electron chi connectivity index (χ2n) is 4.58. The van der Waals surface area contributed by atoms with Crippen molar-refractivity contribution in [2.24, 2.45) is 5.92 Å². The minimum Gasteiger partial charge on any atom is -0.491 e. The molecule has 0 spiro atoms. The molecule has 1 fully saturated rings. The Morgan fingerprint density at radius 3 is 2.50 bits per heavy atom. The van der Waals surface area contributed by atoms with Crippen LogP contribution in [0.1, 0.15) is 18.4 Å². The highest BCUT2D eigenvalue weighted by atomic mass is 19.2. The lowest BCUT2D eigenvalue weighted by Gasteiger charge is -2.23. The first kappa shape index (κ1) is 13.2. The zero-order chi connectivity index (χ0) is 13.1. The predicted molar refractivity (Wildman–Crippen MR) is 62.2 cm³/mol. The van der Waals surface area contributed by atoms with Crippen molar-refractivity contribution in [3.05, 3.63) is 29.1 Å². The first-order chi connectivity index (χ1) is 8.63. The minimum absolute atomic E-state index is 0.192. The van der Waals surface area contributed by atoms with Gasteiger partial charge in [-0.05, 0) is 49.9 Å². The highest BCUT2D eigenvalue weighted by Crippen LogP contribution is 2.29. The molecule has 1 saturated heterocycles. The van der Waals surface area contributed by atoms with E-state index in [1.807, 2.05) is 0 Å². The Balaban J connectivity index is 2.24. The smallest absolute Gasteiger partial charge is 0.203 e. The van der Waals surface area contributed by atoms with Crippen molar-refractivity contribution >= 4 is 0 Å². The van der Waals surface area contributed by atoms with Gasteiger partial charge in [-0.3, -0.25) is 0 Å². The van der Waals surface area contributed by atoms with Crippen LogP contribution in [0.4, 0.5) is 13.2 Å². The van der Waals surface area contributed by atoms with E-state index in [1.54, 1.807) is 0 Å². The van der Waals surface area contributed by atoms with Crippen LogP contribution >= 0.6 is 0 Å².